The molecule has 0 aromatic heterocycles. The summed E-state index contributed by atoms with van der Waals surface area (Å²) in [5, 5.41) is 0.258. The third-order valence-corrected chi connectivity index (χ3v) is 2.18. The summed E-state index contributed by atoms with van der Waals surface area (Å²) in [5.41, 5.74) is 0.856. The Kier molecular flexibility index (Phi) is 3.79. The fourth-order valence-electron chi connectivity index (χ4n) is 0.937. The molecule has 0 saturated carbocycles. The number of hydrogen-bond donors (Lipinski definition) is 1. The van der Waals surface area contributed by atoms with Crippen LogP contribution in [0.1, 0.15) is 20.7 Å². The summed E-state index contributed by atoms with van der Waals surface area (Å²) in [6.07, 6.45) is 0. The van der Waals surface area contributed by atoms with Crippen LogP contribution in [0, 0.1) is 0 Å². The Bertz CT molecular complexity index is 313. The molecule has 4 nitrogen and oxygen atoms in total. The van der Waals surface area contributed by atoms with Gasteiger partial charge in [-0.2, -0.15) is 5.90 Å². The van der Waals surface area contributed by atoms with Crippen molar-refractivity contribution in [3.8, 4) is 0 Å². The lowest BCUT2D eigenvalue weighted by Gasteiger charge is -1.99. The van der Waals surface area contributed by atoms with Crippen LogP contribution >= 0.6 is 15.9 Å². The molecule has 74 valence electrons. The first kappa shape index (κ1) is 10.9. The van der Waals surface area contributed by atoms with Gasteiger partial charge < -0.3 is 4.84 Å². The topological polar surface area (TPSA) is 69.4 Å². The highest BCUT2D eigenvalue weighted by molar-refractivity contribution is 9.09. The van der Waals surface area contributed by atoms with E-state index in [-0.39, 0.29) is 11.1 Å². The summed E-state index contributed by atoms with van der Waals surface area (Å²) in [6, 6.07) is 6.09. The van der Waals surface area contributed by atoms with Gasteiger partial charge in [-0.3, -0.25) is 4.79 Å². The van der Waals surface area contributed by atoms with Crippen molar-refractivity contribution in [2.75, 3.05) is 5.33 Å². The molecule has 14 heavy (non-hydrogen) atoms. The molecule has 0 aliphatic carbocycles. The van der Waals surface area contributed by atoms with Crippen LogP contribution < -0.4 is 5.90 Å². The second-order valence-electron chi connectivity index (χ2n) is 2.54. The van der Waals surface area contributed by atoms with E-state index in [9.17, 15) is 9.59 Å². The predicted molar refractivity (Wildman–Crippen MR) is 54.2 cm³/mol. The van der Waals surface area contributed by atoms with Crippen LogP contribution in [0.4, 0.5) is 0 Å². The second kappa shape index (κ2) is 4.88. The van der Waals surface area contributed by atoms with Crippen LogP contribution in [0.25, 0.3) is 0 Å². The number of carbonyl (C=O) groups excluding carboxylic acids is 2. The van der Waals surface area contributed by atoms with Crippen LogP contribution in [0.15, 0.2) is 24.3 Å². The minimum Gasteiger partial charge on any atom is -0.370 e. The Morgan fingerprint density at radius 2 is 1.71 bits per heavy atom. The van der Waals surface area contributed by atoms with Crippen molar-refractivity contribution in [3.63, 3.8) is 0 Å². The maximum atomic E-state index is 11.2. The maximum Gasteiger partial charge on any atom is 0.356 e. The van der Waals surface area contributed by atoms with Gasteiger partial charge in [0.25, 0.3) is 0 Å². The van der Waals surface area contributed by atoms with E-state index < -0.39 is 5.97 Å². The molecule has 0 unspecified atom stereocenters. The van der Waals surface area contributed by atoms with Crippen molar-refractivity contribution in [2.24, 2.45) is 5.90 Å². The van der Waals surface area contributed by atoms with E-state index in [1.54, 1.807) is 12.1 Å². The number of alkyl halides is 1. The van der Waals surface area contributed by atoms with Crippen molar-refractivity contribution < 1.29 is 14.4 Å². The fourth-order valence-corrected chi connectivity index (χ4v) is 1.26. The van der Waals surface area contributed by atoms with Gasteiger partial charge in [-0.25, -0.2) is 4.79 Å². The van der Waals surface area contributed by atoms with E-state index >= 15 is 0 Å². The molecular weight excluding hydrogens is 250 g/mol. The van der Waals surface area contributed by atoms with Crippen molar-refractivity contribution in [3.05, 3.63) is 35.4 Å². The van der Waals surface area contributed by atoms with Crippen LogP contribution in [-0.2, 0) is 4.84 Å². The third kappa shape index (κ3) is 2.40. The minimum absolute atomic E-state index is 0.0438. The zero-order valence-electron chi connectivity index (χ0n) is 7.20. The molecule has 5 heteroatoms. The second-order valence-corrected chi connectivity index (χ2v) is 3.10. The van der Waals surface area contributed by atoms with Gasteiger partial charge in [-0.15, -0.1) is 0 Å². The molecule has 0 bridgehead atoms. The highest BCUT2D eigenvalue weighted by atomic mass is 79.9. The molecule has 1 rings (SSSR count). The van der Waals surface area contributed by atoms with E-state index in [1.165, 1.54) is 12.1 Å². The first-order chi connectivity index (χ1) is 6.69. The largest absolute Gasteiger partial charge is 0.370 e. The van der Waals surface area contributed by atoms with Crippen molar-refractivity contribution in [1.29, 1.82) is 0 Å². The Balaban J connectivity index is 2.89. The van der Waals surface area contributed by atoms with E-state index in [0.717, 1.165) is 0 Å². The van der Waals surface area contributed by atoms with Crippen LogP contribution in [-0.4, -0.2) is 17.1 Å². The van der Waals surface area contributed by atoms with Crippen molar-refractivity contribution >= 4 is 27.7 Å². The lowest BCUT2D eigenvalue weighted by atomic mass is 10.1. The molecule has 2 N–H and O–H groups in total. The average molecular weight is 258 g/mol. The monoisotopic (exact) mass is 257 g/mol. The van der Waals surface area contributed by atoms with Crippen LogP contribution in [0.5, 0.6) is 0 Å². The molecule has 0 atom stereocenters. The Hall–Kier alpha value is -1.20. The highest BCUT2D eigenvalue weighted by Crippen LogP contribution is 2.07. The molecule has 0 aliphatic heterocycles. The summed E-state index contributed by atoms with van der Waals surface area (Å²) >= 11 is 3.05. The summed E-state index contributed by atoms with van der Waals surface area (Å²) in [4.78, 5) is 26.1. The number of rotatable bonds is 3. The Morgan fingerprint density at radius 3 is 2.14 bits per heavy atom. The zero-order valence-corrected chi connectivity index (χ0v) is 8.78. The Labute approximate surface area is 89.1 Å². The quantitative estimate of drug-likeness (QED) is 0.504. The van der Waals surface area contributed by atoms with Crippen molar-refractivity contribution in [2.45, 2.75) is 0 Å². The molecular formula is C9H8BrNO3. The fraction of sp³-hybridized carbons (Fsp3) is 0.111. The molecule has 0 saturated heterocycles. The van der Waals surface area contributed by atoms with Gasteiger partial charge in [-0.1, -0.05) is 28.1 Å². The summed E-state index contributed by atoms with van der Waals surface area (Å²) in [7, 11) is 0. The molecule has 0 amide bonds. The normalized spacial score (nSPS) is 9.57. The SMILES string of the molecule is NOC(=O)c1ccc(C(=O)CBr)cc1. The lowest BCUT2D eigenvalue weighted by Crippen LogP contribution is -2.10. The molecule has 1 aromatic rings. The molecule has 1 aromatic carbocycles. The van der Waals surface area contributed by atoms with E-state index in [0.29, 0.717) is 11.1 Å². The van der Waals surface area contributed by atoms with Gasteiger partial charge in [0.1, 0.15) is 0 Å². The maximum absolute atomic E-state index is 11.2. The lowest BCUT2D eigenvalue weighted by molar-refractivity contribution is 0.0503. The Morgan fingerprint density at radius 1 is 1.21 bits per heavy atom. The van der Waals surface area contributed by atoms with Gasteiger partial charge in [0.05, 0.1) is 10.9 Å². The first-order valence-electron chi connectivity index (χ1n) is 3.79. The van der Waals surface area contributed by atoms with Crippen molar-refractivity contribution in [1.82, 2.24) is 0 Å². The zero-order chi connectivity index (χ0) is 10.6. The smallest absolute Gasteiger partial charge is 0.356 e. The highest BCUT2D eigenvalue weighted by Gasteiger charge is 2.07. The molecule has 0 fully saturated rings. The van der Waals surface area contributed by atoms with E-state index in [1.807, 2.05) is 0 Å². The minimum atomic E-state index is -0.622. The first-order valence-corrected chi connectivity index (χ1v) is 4.91. The number of hydrogen-bond acceptors (Lipinski definition) is 4. The molecule has 0 radical (unpaired) electrons. The number of nitrogens with two attached hydrogens (primary N) is 1. The van der Waals surface area contributed by atoms with Gasteiger partial charge in [0.2, 0.25) is 0 Å². The number of Topliss-reactive ketones (excluding diaryl/α,β-unsaturated/α-hetero) is 1. The number of halogens is 1. The molecule has 0 aliphatic rings. The summed E-state index contributed by atoms with van der Waals surface area (Å²) < 4.78 is 0. The van der Waals surface area contributed by atoms with E-state index in [4.69, 9.17) is 5.90 Å². The van der Waals surface area contributed by atoms with Gasteiger partial charge in [0, 0.05) is 5.56 Å². The average Bonchev–Trinajstić information content (AvgIpc) is 2.27. The number of ketones is 1. The van der Waals surface area contributed by atoms with Crippen LogP contribution in [0.2, 0.25) is 0 Å². The summed E-state index contributed by atoms with van der Waals surface area (Å²) in [6.45, 7) is 0. The third-order valence-electron chi connectivity index (χ3n) is 1.67. The number of carbonyl (C=O) groups is 2. The molecule has 0 heterocycles. The predicted octanol–water partition coefficient (Wildman–Crippen LogP) is 1.29. The summed E-state index contributed by atoms with van der Waals surface area (Å²) in [5.74, 6) is 4.04. The number of benzene rings is 1. The standard InChI is InChI=1S/C9H8BrNO3/c10-5-8(12)6-1-3-7(4-2-6)9(13)14-11/h1-4H,5,11H2. The van der Waals surface area contributed by atoms with E-state index in [2.05, 4.69) is 20.8 Å². The van der Waals surface area contributed by atoms with Gasteiger partial charge in [-0.05, 0) is 12.1 Å². The van der Waals surface area contributed by atoms with Crippen LogP contribution in [0.3, 0.4) is 0 Å². The molecule has 0 spiro atoms. The van der Waals surface area contributed by atoms with Gasteiger partial charge >= 0.3 is 5.97 Å². The van der Waals surface area contributed by atoms with Gasteiger partial charge in [0.15, 0.2) is 5.78 Å².